The van der Waals surface area contributed by atoms with E-state index >= 15 is 0 Å². The van der Waals surface area contributed by atoms with Crippen molar-refractivity contribution in [2.45, 2.75) is 13.3 Å². The first-order valence-corrected chi connectivity index (χ1v) is 7.84. The van der Waals surface area contributed by atoms with Crippen molar-refractivity contribution >= 4 is 52.6 Å². The van der Waals surface area contributed by atoms with Crippen LogP contribution in [0.5, 0.6) is 0 Å². The maximum atomic E-state index is 11.9. The molecule has 0 aliphatic carbocycles. The lowest BCUT2D eigenvalue weighted by molar-refractivity contribution is -0.127. The fourth-order valence-electron chi connectivity index (χ4n) is 1.47. The van der Waals surface area contributed by atoms with Crippen LogP contribution in [-0.2, 0) is 14.3 Å². The van der Waals surface area contributed by atoms with Crippen LogP contribution in [0.4, 0.5) is 0 Å². The summed E-state index contributed by atoms with van der Waals surface area (Å²) in [5, 5.41) is 5.05. The Morgan fingerprint density at radius 2 is 1.70 bits per heavy atom. The third kappa shape index (κ3) is 6.25. The van der Waals surface area contributed by atoms with Gasteiger partial charge in [0, 0.05) is 6.54 Å². The molecular formula is C14H15Cl3N2O4. The minimum absolute atomic E-state index is 0.0523. The summed E-state index contributed by atoms with van der Waals surface area (Å²) >= 11 is 17.6. The molecule has 0 saturated heterocycles. The third-order valence-corrected chi connectivity index (χ3v) is 3.72. The lowest BCUT2D eigenvalue weighted by Gasteiger charge is -2.09. The highest BCUT2D eigenvalue weighted by Crippen LogP contribution is 2.31. The Morgan fingerprint density at radius 1 is 1.04 bits per heavy atom. The molecule has 0 radical (unpaired) electrons. The normalized spacial score (nSPS) is 10.1. The summed E-state index contributed by atoms with van der Waals surface area (Å²) in [6, 6.07) is 2.83. The molecule has 6 nitrogen and oxygen atoms in total. The van der Waals surface area contributed by atoms with Crippen LogP contribution in [-0.4, -0.2) is 37.5 Å². The number of ether oxygens (including phenoxy) is 1. The molecule has 1 aromatic rings. The van der Waals surface area contributed by atoms with Crippen molar-refractivity contribution in [3.63, 3.8) is 0 Å². The average Bonchev–Trinajstić information content (AvgIpc) is 2.52. The van der Waals surface area contributed by atoms with E-state index in [1.165, 1.54) is 12.1 Å². The minimum Gasteiger partial charge on any atom is -0.452 e. The van der Waals surface area contributed by atoms with E-state index in [1.54, 1.807) is 0 Å². The molecule has 0 spiro atoms. The Bertz CT molecular complexity index is 608. The van der Waals surface area contributed by atoms with Crippen molar-refractivity contribution in [2.75, 3.05) is 19.7 Å². The Kier molecular flexibility index (Phi) is 8.16. The lowest BCUT2D eigenvalue weighted by atomic mass is 10.2. The fourth-order valence-corrected chi connectivity index (χ4v) is 2.16. The SMILES string of the molecule is CCCNC(=O)CNC(=O)COC(=O)c1c(Cl)ccc(Cl)c1Cl. The van der Waals surface area contributed by atoms with Gasteiger partial charge in [0.05, 0.1) is 27.2 Å². The van der Waals surface area contributed by atoms with Gasteiger partial charge in [0.15, 0.2) is 6.61 Å². The first kappa shape index (κ1) is 19.5. The van der Waals surface area contributed by atoms with E-state index < -0.39 is 18.5 Å². The zero-order valence-electron chi connectivity index (χ0n) is 12.3. The molecule has 23 heavy (non-hydrogen) atoms. The summed E-state index contributed by atoms with van der Waals surface area (Å²) < 4.78 is 4.81. The molecule has 2 amide bonds. The van der Waals surface area contributed by atoms with Crippen LogP contribution in [0.25, 0.3) is 0 Å². The summed E-state index contributed by atoms with van der Waals surface area (Å²) in [6.07, 6.45) is 0.790. The predicted octanol–water partition coefficient (Wildman–Crippen LogP) is 2.45. The van der Waals surface area contributed by atoms with Crippen LogP contribution >= 0.6 is 34.8 Å². The number of carbonyl (C=O) groups is 3. The van der Waals surface area contributed by atoms with Crippen LogP contribution in [0.15, 0.2) is 12.1 Å². The molecule has 1 aromatic carbocycles. The first-order chi connectivity index (χ1) is 10.9. The summed E-state index contributed by atoms with van der Waals surface area (Å²) in [7, 11) is 0. The number of nitrogens with one attached hydrogen (secondary N) is 2. The quantitative estimate of drug-likeness (QED) is 0.561. The highest BCUT2D eigenvalue weighted by atomic mass is 35.5. The topological polar surface area (TPSA) is 84.5 Å². The number of carbonyl (C=O) groups excluding carboxylic acids is 3. The summed E-state index contributed by atoms with van der Waals surface area (Å²) in [6.45, 7) is 1.66. The van der Waals surface area contributed by atoms with Gasteiger partial charge in [-0.15, -0.1) is 0 Å². The van der Waals surface area contributed by atoms with Gasteiger partial charge in [-0.05, 0) is 18.6 Å². The molecule has 0 aromatic heterocycles. The van der Waals surface area contributed by atoms with Crippen LogP contribution in [0.3, 0.4) is 0 Å². The van der Waals surface area contributed by atoms with Crippen molar-refractivity contribution in [3.05, 3.63) is 32.8 Å². The minimum atomic E-state index is -0.881. The molecule has 2 N–H and O–H groups in total. The molecule has 0 bridgehead atoms. The predicted molar refractivity (Wildman–Crippen MR) is 88.1 cm³/mol. The molecule has 0 saturated carbocycles. The van der Waals surface area contributed by atoms with Crippen LogP contribution < -0.4 is 10.6 Å². The molecule has 0 fully saturated rings. The lowest BCUT2D eigenvalue weighted by Crippen LogP contribution is -2.38. The third-order valence-electron chi connectivity index (χ3n) is 2.60. The van der Waals surface area contributed by atoms with Crippen molar-refractivity contribution in [1.29, 1.82) is 0 Å². The van der Waals surface area contributed by atoms with E-state index in [0.29, 0.717) is 6.54 Å². The smallest absolute Gasteiger partial charge is 0.341 e. The van der Waals surface area contributed by atoms with E-state index in [9.17, 15) is 14.4 Å². The second kappa shape index (κ2) is 9.60. The van der Waals surface area contributed by atoms with Gasteiger partial charge in [-0.25, -0.2) is 4.79 Å². The van der Waals surface area contributed by atoms with Gasteiger partial charge in [0.2, 0.25) is 5.91 Å². The van der Waals surface area contributed by atoms with Crippen molar-refractivity contribution in [2.24, 2.45) is 0 Å². The fraction of sp³-hybridized carbons (Fsp3) is 0.357. The monoisotopic (exact) mass is 380 g/mol. The van der Waals surface area contributed by atoms with Crippen LogP contribution in [0.2, 0.25) is 15.1 Å². The Hall–Kier alpha value is -1.50. The Balaban J connectivity index is 2.49. The molecule has 0 unspecified atom stereocenters. The molecule has 126 valence electrons. The van der Waals surface area contributed by atoms with E-state index in [-0.39, 0.29) is 33.1 Å². The Labute approximate surface area is 148 Å². The number of benzene rings is 1. The standard InChI is InChI=1S/C14H15Cl3N2O4/c1-2-5-18-10(20)6-19-11(21)7-23-14(22)12-8(15)3-4-9(16)13(12)17/h3-4H,2,5-7H2,1H3,(H,18,20)(H,19,21). The molecule has 0 atom stereocenters. The highest BCUT2D eigenvalue weighted by Gasteiger charge is 2.19. The summed E-state index contributed by atoms with van der Waals surface area (Å²) in [4.78, 5) is 34.8. The highest BCUT2D eigenvalue weighted by molar-refractivity contribution is 6.46. The number of amides is 2. The van der Waals surface area contributed by atoms with Crippen molar-refractivity contribution in [1.82, 2.24) is 10.6 Å². The first-order valence-electron chi connectivity index (χ1n) is 6.70. The second-order valence-electron chi connectivity index (χ2n) is 4.42. The number of hydrogen-bond acceptors (Lipinski definition) is 4. The maximum Gasteiger partial charge on any atom is 0.341 e. The van der Waals surface area contributed by atoms with Crippen molar-refractivity contribution < 1.29 is 19.1 Å². The molecule has 0 aliphatic rings. The Morgan fingerprint density at radius 3 is 2.35 bits per heavy atom. The van der Waals surface area contributed by atoms with Gasteiger partial charge < -0.3 is 15.4 Å². The van der Waals surface area contributed by atoms with Crippen molar-refractivity contribution in [3.8, 4) is 0 Å². The van der Waals surface area contributed by atoms with Gasteiger partial charge in [-0.2, -0.15) is 0 Å². The van der Waals surface area contributed by atoms with E-state index in [1.807, 2.05) is 6.92 Å². The number of esters is 1. The average molecular weight is 382 g/mol. The van der Waals surface area contributed by atoms with Crippen LogP contribution in [0.1, 0.15) is 23.7 Å². The van der Waals surface area contributed by atoms with Gasteiger partial charge in [0.1, 0.15) is 0 Å². The molecule has 1 rings (SSSR count). The van der Waals surface area contributed by atoms with Gasteiger partial charge >= 0.3 is 5.97 Å². The van der Waals surface area contributed by atoms with E-state index in [0.717, 1.165) is 6.42 Å². The zero-order valence-corrected chi connectivity index (χ0v) is 14.5. The van der Waals surface area contributed by atoms with E-state index in [4.69, 9.17) is 39.5 Å². The van der Waals surface area contributed by atoms with Crippen LogP contribution in [0, 0.1) is 0 Å². The van der Waals surface area contributed by atoms with Gasteiger partial charge in [-0.1, -0.05) is 41.7 Å². The molecule has 9 heteroatoms. The maximum absolute atomic E-state index is 11.9. The molecule has 0 aliphatic heterocycles. The zero-order chi connectivity index (χ0) is 17.4. The summed E-state index contributed by atoms with van der Waals surface area (Å²) in [5.74, 6) is -1.83. The largest absolute Gasteiger partial charge is 0.452 e. The second-order valence-corrected chi connectivity index (χ2v) is 5.61. The van der Waals surface area contributed by atoms with E-state index in [2.05, 4.69) is 10.6 Å². The number of rotatable bonds is 7. The molecule has 0 heterocycles. The van der Waals surface area contributed by atoms with Gasteiger partial charge in [0.25, 0.3) is 5.91 Å². The summed E-state index contributed by atoms with van der Waals surface area (Å²) in [5.41, 5.74) is -0.116. The number of hydrogen-bond donors (Lipinski definition) is 2. The van der Waals surface area contributed by atoms with Gasteiger partial charge in [-0.3, -0.25) is 9.59 Å². The molecular weight excluding hydrogens is 367 g/mol. The number of halogens is 3.